The van der Waals surface area contributed by atoms with Gasteiger partial charge in [-0.2, -0.15) is 0 Å². The molecule has 1 aliphatic carbocycles. The van der Waals surface area contributed by atoms with E-state index in [9.17, 15) is 5.11 Å². The summed E-state index contributed by atoms with van der Waals surface area (Å²) in [6, 6.07) is 0. The fourth-order valence-corrected chi connectivity index (χ4v) is 1.41. The van der Waals surface area contributed by atoms with E-state index in [-0.39, 0.29) is 6.10 Å². The second kappa shape index (κ2) is 4.73. The maximum Gasteiger partial charge on any atom is 0.0590 e. The molecule has 0 aromatic rings. The fraction of sp³-hybridized carbons (Fsp3) is 1.00. The van der Waals surface area contributed by atoms with Crippen LogP contribution in [0.2, 0.25) is 0 Å². The van der Waals surface area contributed by atoms with Crippen LogP contribution in [0.5, 0.6) is 0 Å². The van der Waals surface area contributed by atoms with Gasteiger partial charge < -0.3 is 9.84 Å². The highest BCUT2D eigenvalue weighted by atomic mass is 16.5. The molecule has 2 nitrogen and oxygen atoms in total. The molecule has 0 aromatic heterocycles. The molecule has 0 saturated heterocycles. The van der Waals surface area contributed by atoms with Crippen LogP contribution in [0, 0.1) is 5.92 Å². The highest BCUT2D eigenvalue weighted by Gasteiger charge is 2.24. The van der Waals surface area contributed by atoms with Gasteiger partial charge in [0.25, 0.3) is 0 Å². The number of aliphatic hydroxyl groups is 1. The van der Waals surface area contributed by atoms with E-state index in [4.69, 9.17) is 4.74 Å². The van der Waals surface area contributed by atoms with Gasteiger partial charge in [0, 0.05) is 13.2 Å². The Hall–Kier alpha value is -0.0800. The highest BCUT2D eigenvalue weighted by Crippen LogP contribution is 2.30. The molecule has 0 bridgehead atoms. The minimum absolute atomic E-state index is 0.102. The first-order valence-corrected chi connectivity index (χ1v) is 4.60. The van der Waals surface area contributed by atoms with Crippen LogP contribution in [0.3, 0.4) is 0 Å². The van der Waals surface area contributed by atoms with Crippen molar-refractivity contribution in [3.8, 4) is 0 Å². The molecule has 1 rings (SSSR count). The van der Waals surface area contributed by atoms with Crippen molar-refractivity contribution in [2.75, 3.05) is 13.2 Å². The third kappa shape index (κ3) is 2.80. The maximum atomic E-state index is 9.52. The summed E-state index contributed by atoms with van der Waals surface area (Å²) in [5.41, 5.74) is 0. The van der Waals surface area contributed by atoms with E-state index in [1.807, 2.05) is 6.92 Å². The maximum absolute atomic E-state index is 9.52. The van der Waals surface area contributed by atoms with E-state index in [1.54, 1.807) is 0 Å². The molecule has 0 aliphatic heterocycles. The van der Waals surface area contributed by atoms with E-state index in [0.717, 1.165) is 13.0 Å². The van der Waals surface area contributed by atoms with Crippen LogP contribution < -0.4 is 0 Å². The van der Waals surface area contributed by atoms with Crippen molar-refractivity contribution in [3.63, 3.8) is 0 Å². The van der Waals surface area contributed by atoms with Crippen LogP contribution in [0.25, 0.3) is 0 Å². The Morgan fingerprint density at radius 3 is 2.73 bits per heavy atom. The molecule has 0 aromatic carbocycles. The first kappa shape index (κ1) is 9.01. The van der Waals surface area contributed by atoms with Crippen LogP contribution in [-0.2, 0) is 4.74 Å². The molecule has 1 aliphatic rings. The largest absolute Gasteiger partial charge is 0.393 e. The summed E-state index contributed by atoms with van der Waals surface area (Å²) in [6.45, 7) is 3.46. The molecule has 1 atom stereocenters. The van der Waals surface area contributed by atoms with Gasteiger partial charge in [-0.25, -0.2) is 0 Å². The quantitative estimate of drug-likeness (QED) is 0.615. The van der Waals surface area contributed by atoms with E-state index < -0.39 is 0 Å². The van der Waals surface area contributed by atoms with Gasteiger partial charge in [0.15, 0.2) is 0 Å². The van der Waals surface area contributed by atoms with Crippen molar-refractivity contribution in [2.45, 2.75) is 38.7 Å². The number of rotatable bonds is 5. The van der Waals surface area contributed by atoms with Crippen LogP contribution in [0.15, 0.2) is 0 Å². The summed E-state index contributed by atoms with van der Waals surface area (Å²) in [4.78, 5) is 0. The topological polar surface area (TPSA) is 29.5 Å². The predicted molar refractivity (Wildman–Crippen MR) is 44.5 cm³/mol. The van der Waals surface area contributed by atoms with Gasteiger partial charge in [0.05, 0.1) is 6.10 Å². The van der Waals surface area contributed by atoms with Crippen LogP contribution in [0.1, 0.15) is 32.6 Å². The molecule has 1 N–H and O–H groups in total. The average Bonchev–Trinajstić information content (AvgIpc) is 1.84. The summed E-state index contributed by atoms with van der Waals surface area (Å²) >= 11 is 0. The Kier molecular flexibility index (Phi) is 3.87. The lowest BCUT2D eigenvalue weighted by Gasteiger charge is -2.30. The van der Waals surface area contributed by atoms with Crippen LogP contribution in [-0.4, -0.2) is 24.4 Å². The van der Waals surface area contributed by atoms with Crippen molar-refractivity contribution in [1.29, 1.82) is 0 Å². The molecule has 1 saturated carbocycles. The second-order valence-corrected chi connectivity index (χ2v) is 3.24. The summed E-state index contributed by atoms with van der Waals surface area (Å²) in [5.74, 6) is 0.579. The van der Waals surface area contributed by atoms with Crippen LogP contribution in [0.4, 0.5) is 0 Å². The molecule has 0 radical (unpaired) electrons. The minimum Gasteiger partial charge on any atom is -0.393 e. The average molecular weight is 158 g/mol. The predicted octanol–water partition coefficient (Wildman–Crippen LogP) is 1.57. The van der Waals surface area contributed by atoms with Crippen molar-refractivity contribution >= 4 is 0 Å². The number of hydrogen-bond acceptors (Lipinski definition) is 2. The van der Waals surface area contributed by atoms with E-state index in [2.05, 4.69) is 0 Å². The Labute approximate surface area is 68.6 Å². The molecule has 11 heavy (non-hydrogen) atoms. The fourth-order valence-electron chi connectivity index (χ4n) is 1.41. The normalized spacial score (nSPS) is 21.3. The molecule has 0 heterocycles. The zero-order valence-electron chi connectivity index (χ0n) is 7.25. The monoisotopic (exact) mass is 158 g/mol. The van der Waals surface area contributed by atoms with Crippen molar-refractivity contribution in [3.05, 3.63) is 0 Å². The summed E-state index contributed by atoms with van der Waals surface area (Å²) in [5, 5.41) is 9.52. The van der Waals surface area contributed by atoms with E-state index in [1.165, 1.54) is 19.3 Å². The molecular formula is C9H18O2. The molecule has 1 fully saturated rings. The van der Waals surface area contributed by atoms with E-state index >= 15 is 0 Å². The highest BCUT2D eigenvalue weighted by molar-refractivity contribution is 4.76. The van der Waals surface area contributed by atoms with Crippen molar-refractivity contribution < 1.29 is 9.84 Å². The molecule has 2 heteroatoms. The Morgan fingerprint density at radius 2 is 2.27 bits per heavy atom. The van der Waals surface area contributed by atoms with Crippen LogP contribution >= 0.6 is 0 Å². The summed E-state index contributed by atoms with van der Waals surface area (Å²) in [6.07, 6.45) is 4.45. The number of hydrogen-bond donors (Lipinski definition) is 1. The van der Waals surface area contributed by atoms with Crippen molar-refractivity contribution in [2.24, 2.45) is 5.92 Å². The lowest BCUT2D eigenvalue weighted by molar-refractivity contribution is 0.0268. The molecule has 0 spiro atoms. The third-order valence-electron chi connectivity index (χ3n) is 2.46. The zero-order valence-corrected chi connectivity index (χ0v) is 7.25. The first-order chi connectivity index (χ1) is 5.34. The Morgan fingerprint density at radius 1 is 1.55 bits per heavy atom. The standard InChI is InChI=1S/C9H18O2/c1-2-11-7-6-9(10)8-4-3-5-8/h8-10H,2-7H2,1H3. The smallest absolute Gasteiger partial charge is 0.0590 e. The Balaban J connectivity index is 1.96. The van der Waals surface area contributed by atoms with Gasteiger partial charge >= 0.3 is 0 Å². The lowest BCUT2D eigenvalue weighted by Crippen LogP contribution is -2.27. The lowest BCUT2D eigenvalue weighted by atomic mass is 9.80. The van der Waals surface area contributed by atoms with Gasteiger partial charge in [-0.15, -0.1) is 0 Å². The van der Waals surface area contributed by atoms with E-state index in [0.29, 0.717) is 12.5 Å². The first-order valence-electron chi connectivity index (χ1n) is 4.60. The van der Waals surface area contributed by atoms with Gasteiger partial charge in [0.1, 0.15) is 0 Å². The second-order valence-electron chi connectivity index (χ2n) is 3.24. The zero-order chi connectivity index (χ0) is 8.10. The summed E-state index contributed by atoms with van der Waals surface area (Å²) < 4.78 is 5.16. The SMILES string of the molecule is CCOCCC(O)C1CCC1. The van der Waals surface area contributed by atoms with Gasteiger partial charge in [-0.1, -0.05) is 6.42 Å². The van der Waals surface area contributed by atoms with Crippen molar-refractivity contribution in [1.82, 2.24) is 0 Å². The van der Waals surface area contributed by atoms with Gasteiger partial charge in [-0.3, -0.25) is 0 Å². The third-order valence-corrected chi connectivity index (χ3v) is 2.46. The molecule has 66 valence electrons. The van der Waals surface area contributed by atoms with Gasteiger partial charge in [-0.05, 0) is 32.1 Å². The minimum atomic E-state index is -0.102. The Bertz CT molecular complexity index is 99.7. The molecular weight excluding hydrogens is 140 g/mol. The number of ether oxygens (including phenoxy) is 1. The molecule has 0 amide bonds. The number of aliphatic hydroxyl groups excluding tert-OH is 1. The summed E-state index contributed by atoms with van der Waals surface area (Å²) in [7, 11) is 0. The van der Waals surface area contributed by atoms with Gasteiger partial charge in [0.2, 0.25) is 0 Å². The molecule has 1 unspecified atom stereocenters.